The lowest BCUT2D eigenvalue weighted by molar-refractivity contribution is -0.142. The Hall–Kier alpha value is -3.55. The molecular formula is C26H32N4O4. The highest BCUT2D eigenvalue weighted by molar-refractivity contribution is 5.88. The number of carbonyl (C=O) groups excluding carboxylic acids is 2. The molecule has 2 atom stereocenters. The average molecular weight is 465 g/mol. The molecule has 0 radical (unpaired) electrons. The Balaban J connectivity index is 1.36. The van der Waals surface area contributed by atoms with Gasteiger partial charge in [0.2, 0.25) is 11.8 Å². The molecule has 2 heterocycles. The fourth-order valence-corrected chi connectivity index (χ4v) is 4.62. The molecule has 1 aromatic heterocycles. The van der Waals surface area contributed by atoms with Crippen molar-refractivity contribution in [1.29, 1.82) is 0 Å². The zero-order valence-corrected chi connectivity index (χ0v) is 19.8. The summed E-state index contributed by atoms with van der Waals surface area (Å²) in [6.07, 6.45) is 6.95. The fraction of sp³-hybridized carbons (Fsp3) is 0.423. The molecule has 2 aliphatic rings. The number of piperazine rings is 1. The number of rotatable bonds is 7. The molecule has 2 unspecified atom stereocenters. The van der Waals surface area contributed by atoms with Gasteiger partial charge in [0.25, 0.3) is 0 Å². The smallest absolute Gasteiger partial charge is 0.226 e. The minimum absolute atomic E-state index is 0.0622. The number of benzene rings is 1. The first-order chi connectivity index (χ1) is 16.6. The summed E-state index contributed by atoms with van der Waals surface area (Å²) in [5.41, 5.74) is 0.858. The number of carbonyl (C=O) groups is 2. The van der Waals surface area contributed by atoms with Crippen LogP contribution in [-0.4, -0.2) is 62.1 Å². The lowest BCUT2D eigenvalue weighted by atomic mass is 9.81. The van der Waals surface area contributed by atoms with Crippen molar-refractivity contribution in [2.24, 2.45) is 11.8 Å². The number of pyridine rings is 1. The molecule has 2 aromatic rings. The highest BCUT2D eigenvalue weighted by atomic mass is 16.5. The second-order valence-corrected chi connectivity index (χ2v) is 8.55. The summed E-state index contributed by atoms with van der Waals surface area (Å²) in [5.74, 6) is 1.51. The molecule has 1 aliphatic carbocycles. The molecule has 0 spiro atoms. The van der Waals surface area contributed by atoms with Gasteiger partial charge in [-0.05, 0) is 37.1 Å². The lowest BCUT2D eigenvalue weighted by Crippen LogP contribution is -2.52. The van der Waals surface area contributed by atoms with Crippen molar-refractivity contribution >= 4 is 17.6 Å². The maximum atomic E-state index is 13.4. The van der Waals surface area contributed by atoms with E-state index in [9.17, 15) is 9.59 Å². The Morgan fingerprint density at radius 2 is 1.76 bits per heavy atom. The van der Waals surface area contributed by atoms with Gasteiger partial charge in [-0.3, -0.25) is 9.59 Å². The first kappa shape index (κ1) is 23.6. The number of ether oxygens (including phenoxy) is 2. The number of methoxy groups -OCH3 is 2. The molecule has 1 aliphatic heterocycles. The zero-order chi connectivity index (χ0) is 23.9. The molecule has 4 rings (SSSR count). The monoisotopic (exact) mass is 464 g/mol. The van der Waals surface area contributed by atoms with Crippen molar-refractivity contribution in [3.63, 3.8) is 0 Å². The summed E-state index contributed by atoms with van der Waals surface area (Å²) >= 11 is 0. The topological polar surface area (TPSA) is 84.0 Å². The molecule has 0 saturated carbocycles. The number of hydrogen-bond acceptors (Lipinski definition) is 6. The molecule has 1 fully saturated rings. The summed E-state index contributed by atoms with van der Waals surface area (Å²) in [7, 11) is 3.19. The van der Waals surface area contributed by atoms with E-state index < -0.39 is 0 Å². The van der Waals surface area contributed by atoms with Crippen molar-refractivity contribution < 1.29 is 19.1 Å². The van der Waals surface area contributed by atoms with Crippen molar-refractivity contribution in [2.45, 2.75) is 19.4 Å². The van der Waals surface area contributed by atoms with E-state index in [1.807, 2.05) is 47.4 Å². The van der Waals surface area contributed by atoms with Gasteiger partial charge in [0.05, 0.1) is 26.1 Å². The van der Waals surface area contributed by atoms with Gasteiger partial charge < -0.3 is 24.6 Å². The zero-order valence-electron chi connectivity index (χ0n) is 19.8. The first-order valence-electron chi connectivity index (χ1n) is 11.7. The van der Waals surface area contributed by atoms with E-state index in [2.05, 4.69) is 15.2 Å². The van der Waals surface area contributed by atoms with Crippen LogP contribution in [0.15, 0.2) is 54.7 Å². The highest BCUT2D eigenvalue weighted by Crippen LogP contribution is 2.29. The lowest BCUT2D eigenvalue weighted by Gasteiger charge is -2.38. The van der Waals surface area contributed by atoms with Crippen LogP contribution in [0.2, 0.25) is 0 Å². The third kappa shape index (κ3) is 5.32. The van der Waals surface area contributed by atoms with E-state index in [0.717, 1.165) is 24.5 Å². The maximum Gasteiger partial charge on any atom is 0.226 e. The number of nitrogens with one attached hydrogen (secondary N) is 1. The molecule has 180 valence electrons. The van der Waals surface area contributed by atoms with Crippen LogP contribution in [0.1, 0.15) is 18.4 Å². The third-order valence-corrected chi connectivity index (χ3v) is 6.60. The number of amides is 2. The van der Waals surface area contributed by atoms with Crippen molar-refractivity contribution in [1.82, 2.24) is 15.2 Å². The van der Waals surface area contributed by atoms with E-state index >= 15 is 0 Å². The van der Waals surface area contributed by atoms with Crippen LogP contribution < -0.4 is 19.7 Å². The predicted molar refractivity (Wildman–Crippen MR) is 130 cm³/mol. The first-order valence-corrected chi connectivity index (χ1v) is 11.7. The van der Waals surface area contributed by atoms with E-state index in [0.29, 0.717) is 44.0 Å². The van der Waals surface area contributed by atoms with Gasteiger partial charge in [-0.2, -0.15) is 0 Å². The summed E-state index contributed by atoms with van der Waals surface area (Å²) in [6, 6.07) is 11.4. The number of aromatic nitrogens is 1. The molecule has 0 bridgehead atoms. The Morgan fingerprint density at radius 3 is 2.44 bits per heavy atom. The average Bonchev–Trinajstić information content (AvgIpc) is 2.91. The van der Waals surface area contributed by atoms with Gasteiger partial charge >= 0.3 is 0 Å². The van der Waals surface area contributed by atoms with Gasteiger partial charge in [-0.1, -0.05) is 18.2 Å². The summed E-state index contributed by atoms with van der Waals surface area (Å²) in [6.45, 7) is 3.06. The molecule has 8 nitrogen and oxygen atoms in total. The van der Waals surface area contributed by atoms with Gasteiger partial charge in [0, 0.05) is 50.6 Å². The van der Waals surface area contributed by atoms with Crippen LogP contribution >= 0.6 is 0 Å². The van der Waals surface area contributed by atoms with Crippen LogP contribution in [0.5, 0.6) is 11.5 Å². The maximum absolute atomic E-state index is 13.4. The Labute approximate surface area is 200 Å². The Kier molecular flexibility index (Phi) is 7.67. The van der Waals surface area contributed by atoms with E-state index in [-0.39, 0.29) is 23.7 Å². The fourth-order valence-electron chi connectivity index (χ4n) is 4.62. The van der Waals surface area contributed by atoms with Crippen LogP contribution in [0, 0.1) is 11.8 Å². The second kappa shape index (κ2) is 11.0. The largest absolute Gasteiger partial charge is 0.497 e. The van der Waals surface area contributed by atoms with Gasteiger partial charge in [-0.25, -0.2) is 4.98 Å². The van der Waals surface area contributed by atoms with E-state index in [1.54, 1.807) is 26.5 Å². The molecule has 8 heteroatoms. The van der Waals surface area contributed by atoms with E-state index in [4.69, 9.17) is 9.47 Å². The molecule has 1 saturated heterocycles. The summed E-state index contributed by atoms with van der Waals surface area (Å²) in [5, 5.41) is 3.02. The number of hydrogen-bond donors (Lipinski definition) is 1. The van der Waals surface area contributed by atoms with Gasteiger partial charge in [0.1, 0.15) is 17.3 Å². The minimum Gasteiger partial charge on any atom is -0.497 e. The van der Waals surface area contributed by atoms with Crippen molar-refractivity contribution in [3.05, 3.63) is 60.3 Å². The number of anilines is 1. The van der Waals surface area contributed by atoms with Crippen LogP contribution in [0.3, 0.4) is 0 Å². The minimum atomic E-state index is -0.379. The Bertz CT molecular complexity index is 1020. The third-order valence-electron chi connectivity index (χ3n) is 6.60. The van der Waals surface area contributed by atoms with Crippen LogP contribution in [0.25, 0.3) is 0 Å². The Morgan fingerprint density at radius 1 is 1.00 bits per heavy atom. The van der Waals surface area contributed by atoms with E-state index in [1.165, 1.54) is 0 Å². The quantitative estimate of drug-likeness (QED) is 0.635. The molecule has 1 aromatic carbocycles. The van der Waals surface area contributed by atoms with Gasteiger partial charge in [0.15, 0.2) is 0 Å². The normalized spacial score (nSPS) is 20.1. The van der Waals surface area contributed by atoms with Crippen LogP contribution in [-0.2, 0) is 16.1 Å². The summed E-state index contributed by atoms with van der Waals surface area (Å²) in [4.78, 5) is 35.0. The molecule has 34 heavy (non-hydrogen) atoms. The summed E-state index contributed by atoms with van der Waals surface area (Å²) < 4.78 is 10.7. The highest BCUT2D eigenvalue weighted by Gasteiger charge is 2.37. The molecular weight excluding hydrogens is 432 g/mol. The van der Waals surface area contributed by atoms with Crippen molar-refractivity contribution in [2.75, 3.05) is 45.3 Å². The number of allylic oxidation sites excluding steroid dienone is 2. The second-order valence-electron chi connectivity index (χ2n) is 8.55. The SMILES string of the molecule is COc1ccc(CNC(=O)C2CC=CCC2C(=O)N2CCN(c3ccccn3)CC2)c(OC)c1. The van der Waals surface area contributed by atoms with Crippen LogP contribution in [0.4, 0.5) is 5.82 Å². The molecule has 1 N–H and O–H groups in total. The predicted octanol–water partition coefficient (Wildman–Crippen LogP) is 2.65. The molecule has 2 amide bonds. The number of nitrogens with zero attached hydrogens (tertiary/aromatic N) is 3. The van der Waals surface area contributed by atoms with Crippen molar-refractivity contribution in [3.8, 4) is 11.5 Å². The van der Waals surface area contributed by atoms with Gasteiger partial charge in [-0.15, -0.1) is 0 Å². The standard InChI is InChI=1S/C26H32N4O4/c1-33-20-11-10-19(23(17-20)34-2)18-28-25(31)21-7-3-4-8-22(21)26(32)30-15-13-29(14-16-30)24-9-5-6-12-27-24/h3-6,9-12,17,21-22H,7-8,13-16,18H2,1-2H3,(H,28,31).